The van der Waals surface area contributed by atoms with Crippen molar-refractivity contribution in [2.45, 2.75) is 13.0 Å². The van der Waals surface area contributed by atoms with E-state index in [1.165, 1.54) is 6.07 Å². The summed E-state index contributed by atoms with van der Waals surface area (Å²) in [5, 5.41) is 0. The van der Waals surface area contributed by atoms with E-state index in [9.17, 15) is 4.39 Å². The number of methoxy groups -OCH3 is 1. The molecule has 0 aliphatic rings. The lowest BCUT2D eigenvalue weighted by Crippen LogP contribution is -2.14. The molecule has 0 saturated heterocycles. The molecule has 0 radical (unpaired) electrons. The first-order valence-corrected chi connectivity index (χ1v) is 6.98. The number of hydrogen-bond donors (Lipinski definition) is 1. The third-order valence-corrected chi connectivity index (χ3v) is 2.76. The van der Waals surface area contributed by atoms with Crippen molar-refractivity contribution in [1.29, 1.82) is 0 Å². The molecule has 1 unspecified atom stereocenters. The Kier molecular flexibility index (Phi) is 8.93. The van der Waals surface area contributed by atoms with E-state index >= 15 is 0 Å². The van der Waals surface area contributed by atoms with Gasteiger partial charge < -0.3 is 24.7 Å². The molecular weight excluding hydrogens is 277 g/mol. The number of rotatable bonds is 11. The predicted molar refractivity (Wildman–Crippen MR) is 78.0 cm³/mol. The van der Waals surface area contributed by atoms with Crippen LogP contribution in [0.3, 0.4) is 0 Å². The molecule has 0 bridgehead atoms. The van der Waals surface area contributed by atoms with Crippen molar-refractivity contribution in [3.05, 3.63) is 29.6 Å². The summed E-state index contributed by atoms with van der Waals surface area (Å²) < 4.78 is 34.6. The van der Waals surface area contributed by atoms with Crippen molar-refractivity contribution < 1.29 is 23.3 Å². The van der Waals surface area contributed by atoms with Gasteiger partial charge in [0.25, 0.3) is 0 Å². The molecule has 2 N–H and O–H groups in total. The average molecular weight is 301 g/mol. The molecular formula is C15H24FNO4. The van der Waals surface area contributed by atoms with E-state index in [1.807, 2.05) is 0 Å². The van der Waals surface area contributed by atoms with Gasteiger partial charge in [-0.2, -0.15) is 0 Å². The minimum Gasteiger partial charge on any atom is -0.491 e. The zero-order valence-electron chi connectivity index (χ0n) is 12.6. The van der Waals surface area contributed by atoms with Crippen LogP contribution in [0.4, 0.5) is 4.39 Å². The first kappa shape index (κ1) is 17.8. The fourth-order valence-electron chi connectivity index (χ4n) is 1.76. The molecule has 0 aromatic heterocycles. The lowest BCUT2D eigenvalue weighted by Gasteiger charge is -2.14. The monoisotopic (exact) mass is 301 g/mol. The molecule has 0 fully saturated rings. The Labute approximate surface area is 125 Å². The van der Waals surface area contributed by atoms with Crippen molar-refractivity contribution in [3.63, 3.8) is 0 Å². The smallest absolute Gasteiger partial charge is 0.131 e. The highest BCUT2D eigenvalue weighted by Gasteiger charge is 2.13. The average Bonchev–Trinajstić information content (AvgIpc) is 2.45. The normalized spacial score (nSPS) is 12.4. The van der Waals surface area contributed by atoms with Gasteiger partial charge in [0.05, 0.1) is 33.0 Å². The summed E-state index contributed by atoms with van der Waals surface area (Å²) >= 11 is 0. The first-order valence-electron chi connectivity index (χ1n) is 6.98. The van der Waals surface area contributed by atoms with Gasteiger partial charge in [-0.3, -0.25) is 0 Å². The van der Waals surface area contributed by atoms with Crippen LogP contribution in [0.1, 0.15) is 18.5 Å². The fourth-order valence-corrected chi connectivity index (χ4v) is 1.76. The number of ether oxygens (including phenoxy) is 4. The summed E-state index contributed by atoms with van der Waals surface area (Å²) in [6.45, 7) is 4.58. The van der Waals surface area contributed by atoms with Gasteiger partial charge in [-0.15, -0.1) is 0 Å². The van der Waals surface area contributed by atoms with Crippen molar-refractivity contribution in [1.82, 2.24) is 0 Å². The van der Waals surface area contributed by atoms with Gasteiger partial charge in [-0.25, -0.2) is 4.39 Å². The molecule has 21 heavy (non-hydrogen) atoms. The van der Waals surface area contributed by atoms with Gasteiger partial charge in [-0.05, 0) is 19.1 Å². The molecule has 0 saturated carbocycles. The molecule has 0 aliphatic carbocycles. The Balaban J connectivity index is 2.20. The lowest BCUT2D eigenvalue weighted by atomic mass is 10.1. The molecule has 0 amide bonds. The molecule has 1 aromatic rings. The highest BCUT2D eigenvalue weighted by Crippen LogP contribution is 2.26. The molecule has 1 aromatic carbocycles. The van der Waals surface area contributed by atoms with E-state index in [0.29, 0.717) is 51.0 Å². The van der Waals surface area contributed by atoms with Crippen LogP contribution in [0.2, 0.25) is 0 Å². The van der Waals surface area contributed by atoms with Crippen molar-refractivity contribution >= 4 is 0 Å². The zero-order valence-corrected chi connectivity index (χ0v) is 12.6. The number of nitrogens with two attached hydrogens (primary N) is 1. The van der Waals surface area contributed by atoms with Gasteiger partial charge in [0.15, 0.2) is 0 Å². The molecule has 5 nitrogen and oxygen atoms in total. The van der Waals surface area contributed by atoms with Crippen molar-refractivity contribution in [2.75, 3.05) is 46.8 Å². The van der Waals surface area contributed by atoms with Crippen LogP contribution in [0, 0.1) is 5.82 Å². The topological polar surface area (TPSA) is 62.9 Å². The summed E-state index contributed by atoms with van der Waals surface area (Å²) in [6.07, 6.45) is 0. The van der Waals surface area contributed by atoms with Gasteiger partial charge in [0, 0.05) is 18.7 Å². The Morgan fingerprint density at radius 2 is 1.67 bits per heavy atom. The van der Waals surface area contributed by atoms with Crippen LogP contribution in [0.15, 0.2) is 18.2 Å². The van der Waals surface area contributed by atoms with E-state index in [1.54, 1.807) is 26.2 Å². The minimum absolute atomic E-state index is 0.335. The standard InChI is InChI=1S/C15H24FNO4/c1-12(17)15-13(16)4-3-5-14(15)21-11-10-20-9-8-19-7-6-18-2/h3-5,12H,6-11,17H2,1-2H3. The Hall–Kier alpha value is -1.21. The highest BCUT2D eigenvalue weighted by molar-refractivity contribution is 5.36. The van der Waals surface area contributed by atoms with Gasteiger partial charge in [-0.1, -0.05) is 6.07 Å². The highest BCUT2D eigenvalue weighted by atomic mass is 19.1. The second kappa shape index (κ2) is 10.5. The summed E-state index contributed by atoms with van der Waals surface area (Å²) in [5.41, 5.74) is 6.14. The lowest BCUT2D eigenvalue weighted by molar-refractivity contribution is 0.0178. The second-order valence-electron chi connectivity index (χ2n) is 4.51. The third-order valence-electron chi connectivity index (χ3n) is 2.76. The van der Waals surface area contributed by atoms with Crippen LogP contribution < -0.4 is 10.5 Å². The van der Waals surface area contributed by atoms with Gasteiger partial charge in [0.1, 0.15) is 18.2 Å². The van der Waals surface area contributed by atoms with Crippen molar-refractivity contribution in [3.8, 4) is 5.75 Å². The molecule has 0 heterocycles. The molecule has 0 spiro atoms. The van der Waals surface area contributed by atoms with Crippen LogP contribution in [0.5, 0.6) is 5.75 Å². The summed E-state index contributed by atoms with van der Waals surface area (Å²) in [5.74, 6) is 0.111. The van der Waals surface area contributed by atoms with E-state index in [4.69, 9.17) is 24.7 Å². The maximum absolute atomic E-state index is 13.7. The maximum atomic E-state index is 13.7. The molecule has 0 aliphatic heterocycles. The van der Waals surface area contributed by atoms with Crippen molar-refractivity contribution in [2.24, 2.45) is 5.73 Å². The van der Waals surface area contributed by atoms with E-state index < -0.39 is 6.04 Å². The maximum Gasteiger partial charge on any atom is 0.131 e. The predicted octanol–water partition coefficient (Wildman–Crippen LogP) is 1.90. The minimum atomic E-state index is -0.420. The largest absolute Gasteiger partial charge is 0.491 e. The SMILES string of the molecule is COCCOCCOCCOc1cccc(F)c1C(C)N. The first-order chi connectivity index (χ1) is 10.2. The quantitative estimate of drug-likeness (QED) is 0.633. The van der Waals surface area contributed by atoms with E-state index in [2.05, 4.69) is 0 Å². The van der Waals surface area contributed by atoms with Crippen LogP contribution in [0.25, 0.3) is 0 Å². The summed E-state index contributed by atoms with van der Waals surface area (Å²) in [4.78, 5) is 0. The van der Waals surface area contributed by atoms with Gasteiger partial charge in [0.2, 0.25) is 0 Å². The van der Waals surface area contributed by atoms with Gasteiger partial charge >= 0.3 is 0 Å². The molecule has 1 rings (SSSR count). The summed E-state index contributed by atoms with van der Waals surface area (Å²) in [7, 11) is 1.63. The number of hydrogen-bond acceptors (Lipinski definition) is 5. The van der Waals surface area contributed by atoms with E-state index in [-0.39, 0.29) is 5.82 Å². The molecule has 1 atom stereocenters. The van der Waals surface area contributed by atoms with Crippen LogP contribution in [-0.2, 0) is 14.2 Å². The third kappa shape index (κ3) is 6.86. The molecule has 120 valence electrons. The van der Waals surface area contributed by atoms with Crippen LogP contribution >= 0.6 is 0 Å². The Bertz CT molecular complexity index is 401. The van der Waals surface area contributed by atoms with Crippen LogP contribution in [-0.4, -0.2) is 46.8 Å². The Morgan fingerprint density at radius 3 is 2.29 bits per heavy atom. The van der Waals surface area contributed by atoms with E-state index in [0.717, 1.165) is 0 Å². The Morgan fingerprint density at radius 1 is 1.05 bits per heavy atom. The second-order valence-corrected chi connectivity index (χ2v) is 4.51. The fraction of sp³-hybridized carbons (Fsp3) is 0.600. The summed E-state index contributed by atoms with van der Waals surface area (Å²) in [6, 6.07) is 4.26. The molecule has 6 heteroatoms. The number of benzene rings is 1. The number of halogens is 1. The zero-order chi connectivity index (χ0) is 15.5.